The lowest BCUT2D eigenvalue weighted by atomic mass is 10.4. The van der Waals surface area contributed by atoms with Gasteiger partial charge in [0.25, 0.3) is 5.56 Å². The van der Waals surface area contributed by atoms with E-state index in [1.807, 2.05) is 11.4 Å². The topological polar surface area (TPSA) is 84.7 Å². The summed E-state index contributed by atoms with van der Waals surface area (Å²) in [7, 11) is 0. The monoisotopic (exact) mass is 194 g/mol. The maximum Gasteiger partial charge on any atom is 0.279 e. The van der Waals surface area contributed by atoms with E-state index < -0.39 is 0 Å². The lowest BCUT2D eigenvalue weighted by molar-refractivity contribution is 0.971. The smallest absolute Gasteiger partial charge is 0.279 e. The SMILES string of the molecule is Nc1nnc(-c2cccs2)c(=O)[nH]1. The number of nitrogen functional groups attached to an aromatic ring is 1. The van der Waals surface area contributed by atoms with Gasteiger partial charge in [-0.15, -0.1) is 21.5 Å². The minimum Gasteiger partial charge on any atom is -0.368 e. The number of nitrogens with zero attached hydrogens (tertiary/aromatic N) is 2. The van der Waals surface area contributed by atoms with Gasteiger partial charge < -0.3 is 5.73 Å². The van der Waals surface area contributed by atoms with Crippen LogP contribution in [0.4, 0.5) is 5.95 Å². The second-order valence-electron chi connectivity index (χ2n) is 2.37. The molecule has 2 aromatic rings. The third-order valence-electron chi connectivity index (χ3n) is 1.47. The lowest BCUT2D eigenvalue weighted by Crippen LogP contribution is -2.14. The molecule has 0 aromatic carbocycles. The van der Waals surface area contributed by atoms with Gasteiger partial charge in [0.05, 0.1) is 4.88 Å². The summed E-state index contributed by atoms with van der Waals surface area (Å²) in [5, 5.41) is 9.15. The van der Waals surface area contributed by atoms with Crippen LogP contribution in [-0.2, 0) is 0 Å². The van der Waals surface area contributed by atoms with Crippen LogP contribution in [0.2, 0.25) is 0 Å². The maximum atomic E-state index is 11.3. The Bertz CT molecular complexity index is 462. The fraction of sp³-hybridized carbons (Fsp3) is 0. The Morgan fingerprint density at radius 3 is 2.92 bits per heavy atom. The zero-order chi connectivity index (χ0) is 9.26. The van der Waals surface area contributed by atoms with E-state index in [4.69, 9.17) is 5.73 Å². The first-order valence-electron chi connectivity index (χ1n) is 3.54. The molecule has 0 spiro atoms. The van der Waals surface area contributed by atoms with Crippen LogP contribution < -0.4 is 11.3 Å². The highest BCUT2D eigenvalue weighted by Gasteiger charge is 2.06. The number of rotatable bonds is 1. The molecule has 66 valence electrons. The van der Waals surface area contributed by atoms with Crippen molar-refractivity contribution in [1.29, 1.82) is 0 Å². The number of anilines is 1. The Kier molecular flexibility index (Phi) is 1.82. The minimum absolute atomic E-state index is 0.0327. The van der Waals surface area contributed by atoms with Gasteiger partial charge in [-0.25, -0.2) is 0 Å². The second-order valence-corrected chi connectivity index (χ2v) is 3.31. The van der Waals surface area contributed by atoms with Gasteiger partial charge in [0.2, 0.25) is 5.95 Å². The zero-order valence-corrected chi connectivity index (χ0v) is 7.34. The summed E-state index contributed by atoms with van der Waals surface area (Å²) >= 11 is 1.43. The number of aromatic amines is 1. The van der Waals surface area contributed by atoms with Crippen molar-refractivity contribution in [3.05, 3.63) is 27.9 Å². The van der Waals surface area contributed by atoms with E-state index in [1.54, 1.807) is 6.07 Å². The molecule has 2 aromatic heterocycles. The highest BCUT2D eigenvalue weighted by Crippen LogP contribution is 2.18. The molecule has 2 rings (SSSR count). The van der Waals surface area contributed by atoms with Gasteiger partial charge in [0.1, 0.15) is 0 Å². The molecule has 5 nitrogen and oxygen atoms in total. The number of thiophene rings is 1. The van der Waals surface area contributed by atoms with Crippen molar-refractivity contribution in [2.75, 3.05) is 5.73 Å². The number of hydrogen-bond donors (Lipinski definition) is 2. The molecule has 0 aliphatic heterocycles. The molecular weight excluding hydrogens is 188 g/mol. The van der Waals surface area contributed by atoms with Gasteiger partial charge in [-0.2, -0.15) is 0 Å². The summed E-state index contributed by atoms with van der Waals surface area (Å²) in [5.41, 5.74) is 5.25. The molecule has 0 radical (unpaired) electrons. The van der Waals surface area contributed by atoms with Crippen LogP contribution in [0.1, 0.15) is 0 Å². The predicted molar refractivity (Wildman–Crippen MR) is 50.4 cm³/mol. The van der Waals surface area contributed by atoms with Crippen molar-refractivity contribution in [2.24, 2.45) is 0 Å². The zero-order valence-electron chi connectivity index (χ0n) is 6.52. The average Bonchev–Trinajstić information content (AvgIpc) is 2.56. The summed E-state index contributed by atoms with van der Waals surface area (Å²) in [6.07, 6.45) is 0. The van der Waals surface area contributed by atoms with E-state index in [9.17, 15) is 4.79 Å². The molecule has 6 heteroatoms. The standard InChI is InChI=1S/C7H6N4OS/c8-7-9-6(12)5(10-11-7)4-2-1-3-13-4/h1-3H,(H3,8,9,11,12). The summed E-state index contributed by atoms with van der Waals surface area (Å²) in [5.74, 6) is 0.0327. The summed E-state index contributed by atoms with van der Waals surface area (Å²) in [4.78, 5) is 14.5. The van der Waals surface area contributed by atoms with E-state index in [0.29, 0.717) is 5.69 Å². The van der Waals surface area contributed by atoms with E-state index in [0.717, 1.165) is 4.88 Å². The summed E-state index contributed by atoms with van der Waals surface area (Å²) in [6, 6.07) is 3.65. The van der Waals surface area contributed by atoms with E-state index in [-0.39, 0.29) is 11.5 Å². The summed E-state index contributed by atoms with van der Waals surface area (Å²) < 4.78 is 0. The Morgan fingerprint density at radius 1 is 1.46 bits per heavy atom. The maximum absolute atomic E-state index is 11.3. The molecule has 2 heterocycles. The number of hydrogen-bond acceptors (Lipinski definition) is 5. The van der Waals surface area contributed by atoms with Gasteiger partial charge in [-0.3, -0.25) is 9.78 Å². The van der Waals surface area contributed by atoms with E-state index in [1.165, 1.54) is 11.3 Å². The molecule has 0 unspecified atom stereocenters. The predicted octanol–water partition coefficient (Wildman–Crippen LogP) is 0.476. The molecule has 0 aliphatic carbocycles. The Balaban J connectivity index is 2.60. The minimum atomic E-state index is -0.310. The molecule has 0 atom stereocenters. The van der Waals surface area contributed by atoms with Crippen molar-refractivity contribution in [1.82, 2.24) is 15.2 Å². The van der Waals surface area contributed by atoms with Gasteiger partial charge in [0, 0.05) is 0 Å². The quantitative estimate of drug-likeness (QED) is 0.691. The van der Waals surface area contributed by atoms with Crippen LogP contribution in [-0.4, -0.2) is 15.2 Å². The summed E-state index contributed by atoms with van der Waals surface area (Å²) in [6.45, 7) is 0. The molecule has 0 amide bonds. The van der Waals surface area contributed by atoms with Crippen LogP contribution >= 0.6 is 11.3 Å². The van der Waals surface area contributed by atoms with Crippen LogP contribution in [0.5, 0.6) is 0 Å². The molecular formula is C7H6N4OS. The molecule has 0 bridgehead atoms. The molecule has 13 heavy (non-hydrogen) atoms. The molecule has 0 fully saturated rings. The highest BCUT2D eigenvalue weighted by atomic mass is 32.1. The average molecular weight is 194 g/mol. The Labute approximate surface area is 77.3 Å². The van der Waals surface area contributed by atoms with Gasteiger partial charge >= 0.3 is 0 Å². The third-order valence-corrected chi connectivity index (χ3v) is 2.35. The van der Waals surface area contributed by atoms with Crippen molar-refractivity contribution >= 4 is 17.3 Å². The van der Waals surface area contributed by atoms with Gasteiger partial charge in [-0.05, 0) is 11.4 Å². The normalized spacial score (nSPS) is 10.2. The Hall–Kier alpha value is -1.69. The molecule has 0 saturated carbocycles. The molecule has 3 N–H and O–H groups in total. The van der Waals surface area contributed by atoms with Crippen molar-refractivity contribution in [2.45, 2.75) is 0 Å². The van der Waals surface area contributed by atoms with Crippen LogP contribution in [0, 0.1) is 0 Å². The van der Waals surface area contributed by atoms with Crippen LogP contribution in [0.15, 0.2) is 22.3 Å². The van der Waals surface area contributed by atoms with Crippen LogP contribution in [0.25, 0.3) is 10.6 Å². The van der Waals surface area contributed by atoms with Crippen LogP contribution in [0.3, 0.4) is 0 Å². The number of nitrogens with two attached hydrogens (primary N) is 1. The van der Waals surface area contributed by atoms with E-state index >= 15 is 0 Å². The number of nitrogens with one attached hydrogen (secondary N) is 1. The number of H-pyrrole nitrogens is 1. The highest BCUT2D eigenvalue weighted by molar-refractivity contribution is 7.13. The molecule has 0 saturated heterocycles. The first-order chi connectivity index (χ1) is 6.27. The van der Waals surface area contributed by atoms with Gasteiger partial charge in [0.15, 0.2) is 5.69 Å². The Morgan fingerprint density at radius 2 is 2.31 bits per heavy atom. The fourth-order valence-electron chi connectivity index (χ4n) is 0.924. The largest absolute Gasteiger partial charge is 0.368 e. The van der Waals surface area contributed by atoms with Gasteiger partial charge in [-0.1, -0.05) is 6.07 Å². The number of aromatic nitrogens is 3. The van der Waals surface area contributed by atoms with Crippen molar-refractivity contribution in [3.63, 3.8) is 0 Å². The molecule has 0 aliphatic rings. The second kappa shape index (κ2) is 2.98. The first-order valence-corrected chi connectivity index (χ1v) is 4.41. The van der Waals surface area contributed by atoms with Crippen molar-refractivity contribution < 1.29 is 0 Å². The van der Waals surface area contributed by atoms with E-state index in [2.05, 4.69) is 15.2 Å². The fourth-order valence-corrected chi connectivity index (χ4v) is 1.63. The van der Waals surface area contributed by atoms with Crippen molar-refractivity contribution in [3.8, 4) is 10.6 Å². The third kappa shape index (κ3) is 1.43. The lowest BCUT2D eigenvalue weighted by Gasteiger charge is -1.93. The first kappa shape index (κ1) is 7.93.